The van der Waals surface area contributed by atoms with Crippen molar-refractivity contribution in [2.75, 3.05) is 6.61 Å². The van der Waals surface area contributed by atoms with Crippen LogP contribution in [0.25, 0.3) is 0 Å². The molecule has 38 heavy (non-hydrogen) atoms. The molecule has 0 saturated heterocycles. The minimum Gasteiger partial charge on any atom is -0.432 e. The van der Waals surface area contributed by atoms with E-state index in [1.807, 2.05) is 46.8 Å². The predicted octanol–water partition coefficient (Wildman–Crippen LogP) is 7.89. The number of allylic oxidation sites excluding steroid dienone is 2. The Morgan fingerprint density at radius 3 is 2.55 bits per heavy atom. The second-order valence-electron chi connectivity index (χ2n) is 11.3. The molecule has 1 aromatic carbocycles. The van der Waals surface area contributed by atoms with Crippen molar-refractivity contribution in [2.45, 2.75) is 110 Å². The van der Waals surface area contributed by atoms with Crippen LogP contribution in [0, 0.1) is 22.0 Å². The van der Waals surface area contributed by atoms with Gasteiger partial charge in [-0.15, -0.1) is 10.1 Å². The van der Waals surface area contributed by atoms with Crippen LogP contribution in [-0.2, 0) is 15.0 Å². The number of alkyl halides is 2. The smallest absolute Gasteiger partial charge is 0.401 e. The quantitative estimate of drug-likeness (QED) is 0.0635. The third-order valence-corrected chi connectivity index (χ3v) is 7.89. The Kier molecular flexibility index (Phi) is 9.76. The normalized spacial score (nSPS) is 20.2. The van der Waals surface area contributed by atoms with Gasteiger partial charge in [0.1, 0.15) is 11.5 Å². The highest BCUT2D eigenvalue weighted by Crippen LogP contribution is 2.56. The lowest BCUT2D eigenvalue weighted by molar-refractivity contribution is -0.757. The van der Waals surface area contributed by atoms with Gasteiger partial charge in [-0.25, -0.2) is 0 Å². The molecular formula is C29H41F2NO6. The highest BCUT2D eigenvalue weighted by molar-refractivity contribution is 5.76. The largest absolute Gasteiger partial charge is 0.432 e. The lowest BCUT2D eigenvalue weighted by atomic mass is 9.72. The third kappa shape index (κ3) is 7.03. The van der Waals surface area contributed by atoms with Crippen LogP contribution in [0.2, 0.25) is 0 Å². The first-order valence-corrected chi connectivity index (χ1v) is 13.8. The standard InChI is InChI=1S/C29H41F2NO6/c1-6-10-20(11-7-2)27(33)37-24-17-21(28(4,5)14-8-9-15-36-32(34)35)18-25-26(24)22-16-19(3)12-13-23(22)29(30,31)38-25/h12,17-18,20,22-23H,6-11,13-16H2,1-5H3. The zero-order valence-electron chi connectivity index (χ0n) is 23.2. The molecule has 0 amide bonds. The molecule has 0 spiro atoms. The molecule has 0 aromatic heterocycles. The number of hydrogen-bond acceptors (Lipinski definition) is 6. The van der Waals surface area contributed by atoms with E-state index in [1.165, 1.54) is 0 Å². The Morgan fingerprint density at radius 2 is 1.92 bits per heavy atom. The molecule has 212 valence electrons. The first-order valence-electron chi connectivity index (χ1n) is 13.8. The van der Waals surface area contributed by atoms with Crippen LogP contribution in [0.4, 0.5) is 8.78 Å². The summed E-state index contributed by atoms with van der Waals surface area (Å²) in [6, 6.07) is 3.48. The average molecular weight is 538 g/mol. The lowest BCUT2D eigenvalue weighted by Gasteiger charge is -2.42. The molecule has 0 fully saturated rings. The molecule has 0 saturated carbocycles. The van der Waals surface area contributed by atoms with Gasteiger partial charge in [-0.3, -0.25) is 4.79 Å². The maximum Gasteiger partial charge on any atom is 0.401 e. The summed E-state index contributed by atoms with van der Waals surface area (Å²) in [5, 5.41) is 9.60. The molecule has 0 bridgehead atoms. The summed E-state index contributed by atoms with van der Waals surface area (Å²) in [5.41, 5.74) is 1.81. The van der Waals surface area contributed by atoms with E-state index in [1.54, 1.807) is 6.07 Å². The van der Waals surface area contributed by atoms with Crippen LogP contribution in [0.3, 0.4) is 0 Å². The van der Waals surface area contributed by atoms with Gasteiger partial charge in [-0.05, 0) is 68.6 Å². The molecule has 2 aliphatic rings. The summed E-state index contributed by atoms with van der Waals surface area (Å²) < 4.78 is 41.9. The molecule has 0 N–H and O–H groups in total. The Labute approximate surface area is 224 Å². The van der Waals surface area contributed by atoms with Gasteiger partial charge in [0, 0.05) is 11.5 Å². The number of unbranched alkanes of at least 4 members (excludes halogenated alkanes) is 1. The van der Waals surface area contributed by atoms with Crippen LogP contribution in [0.1, 0.15) is 109 Å². The molecule has 1 aliphatic heterocycles. The molecule has 7 nitrogen and oxygen atoms in total. The summed E-state index contributed by atoms with van der Waals surface area (Å²) in [4.78, 5) is 28.1. The second kappa shape index (κ2) is 12.4. The van der Waals surface area contributed by atoms with E-state index < -0.39 is 28.4 Å². The molecular weight excluding hydrogens is 496 g/mol. The minimum atomic E-state index is -3.34. The fraction of sp³-hybridized carbons (Fsp3) is 0.690. The summed E-state index contributed by atoms with van der Waals surface area (Å²) in [7, 11) is 0. The molecule has 9 heteroatoms. The monoisotopic (exact) mass is 537 g/mol. The van der Waals surface area contributed by atoms with Gasteiger partial charge in [0.2, 0.25) is 0 Å². The highest BCUT2D eigenvalue weighted by Gasteiger charge is 2.53. The first-order chi connectivity index (χ1) is 17.9. The van der Waals surface area contributed by atoms with Crippen LogP contribution in [-0.4, -0.2) is 23.8 Å². The van der Waals surface area contributed by atoms with Gasteiger partial charge >= 0.3 is 12.1 Å². The van der Waals surface area contributed by atoms with Gasteiger partial charge in [0.25, 0.3) is 5.09 Å². The number of fused-ring (bicyclic) bond motifs is 3. The van der Waals surface area contributed by atoms with Crippen LogP contribution in [0.15, 0.2) is 23.8 Å². The molecule has 1 heterocycles. The molecule has 1 aromatic rings. The number of rotatable bonds is 13. The summed E-state index contributed by atoms with van der Waals surface area (Å²) in [6.07, 6.45) is 3.98. The Bertz CT molecular complexity index is 1030. The number of carbonyl (C=O) groups excluding carboxylic acids is 1. The van der Waals surface area contributed by atoms with Crippen molar-refractivity contribution in [1.82, 2.24) is 0 Å². The topological polar surface area (TPSA) is 87.9 Å². The van der Waals surface area contributed by atoms with Crippen molar-refractivity contribution >= 4 is 5.97 Å². The van der Waals surface area contributed by atoms with Crippen molar-refractivity contribution in [1.29, 1.82) is 0 Å². The Morgan fingerprint density at radius 1 is 1.24 bits per heavy atom. The Hall–Kier alpha value is -2.71. The van der Waals surface area contributed by atoms with Crippen molar-refractivity contribution in [3.05, 3.63) is 45.0 Å². The van der Waals surface area contributed by atoms with Crippen molar-refractivity contribution in [3.8, 4) is 11.5 Å². The number of benzene rings is 1. The van der Waals surface area contributed by atoms with Crippen LogP contribution >= 0.6 is 0 Å². The number of carbonyl (C=O) groups is 1. The fourth-order valence-corrected chi connectivity index (χ4v) is 5.71. The van der Waals surface area contributed by atoms with Gasteiger partial charge < -0.3 is 14.3 Å². The first kappa shape index (κ1) is 29.8. The molecule has 2 atom stereocenters. The summed E-state index contributed by atoms with van der Waals surface area (Å²) >= 11 is 0. The highest BCUT2D eigenvalue weighted by atomic mass is 19.3. The van der Waals surface area contributed by atoms with Gasteiger partial charge in [-0.1, -0.05) is 58.6 Å². The van der Waals surface area contributed by atoms with E-state index in [2.05, 4.69) is 4.84 Å². The van der Waals surface area contributed by atoms with Gasteiger partial charge in [0.15, 0.2) is 0 Å². The molecule has 0 radical (unpaired) electrons. The van der Waals surface area contributed by atoms with E-state index in [9.17, 15) is 14.9 Å². The van der Waals surface area contributed by atoms with Crippen molar-refractivity contribution < 1.29 is 33.0 Å². The number of nitrogens with zero attached hydrogens (tertiary/aromatic N) is 1. The van der Waals surface area contributed by atoms with Crippen LogP contribution < -0.4 is 9.47 Å². The number of hydrogen-bond donors (Lipinski definition) is 0. The van der Waals surface area contributed by atoms with Crippen LogP contribution in [0.5, 0.6) is 11.5 Å². The number of halogens is 2. The maximum atomic E-state index is 15.2. The van der Waals surface area contributed by atoms with E-state index in [0.29, 0.717) is 55.4 Å². The fourth-order valence-electron chi connectivity index (χ4n) is 5.71. The summed E-state index contributed by atoms with van der Waals surface area (Å²) in [6.45, 7) is 9.93. The zero-order chi connectivity index (χ0) is 28.1. The molecule has 2 unspecified atom stereocenters. The average Bonchev–Trinajstić information content (AvgIpc) is 2.82. The zero-order valence-corrected chi connectivity index (χ0v) is 23.2. The van der Waals surface area contributed by atoms with E-state index in [4.69, 9.17) is 9.47 Å². The SMILES string of the molecule is CCCC(CCC)C(=O)Oc1cc(C(C)(C)CCCCO[N+](=O)[O-])cc2c1C1CC(C)=CCC1C(F)(F)O2. The van der Waals surface area contributed by atoms with E-state index in [0.717, 1.165) is 18.4 Å². The maximum absolute atomic E-state index is 15.2. The third-order valence-electron chi connectivity index (χ3n) is 7.89. The van der Waals surface area contributed by atoms with E-state index in [-0.39, 0.29) is 30.7 Å². The predicted molar refractivity (Wildman–Crippen MR) is 140 cm³/mol. The minimum absolute atomic E-state index is 0.00233. The summed E-state index contributed by atoms with van der Waals surface area (Å²) in [5.74, 6) is -1.76. The number of ether oxygens (including phenoxy) is 2. The molecule has 3 rings (SSSR count). The van der Waals surface area contributed by atoms with E-state index >= 15 is 8.78 Å². The second-order valence-corrected chi connectivity index (χ2v) is 11.3. The van der Waals surface area contributed by atoms with Crippen molar-refractivity contribution in [2.24, 2.45) is 11.8 Å². The van der Waals surface area contributed by atoms with Crippen molar-refractivity contribution in [3.63, 3.8) is 0 Å². The van der Waals surface area contributed by atoms with Gasteiger partial charge in [-0.2, -0.15) is 8.78 Å². The molecule has 1 aliphatic carbocycles. The number of esters is 1. The Balaban J connectivity index is 2.00. The lowest BCUT2D eigenvalue weighted by Crippen LogP contribution is -2.43. The van der Waals surface area contributed by atoms with Gasteiger partial charge in [0.05, 0.1) is 18.4 Å².